The number of hydrogen-bond donors (Lipinski definition) is 3. The summed E-state index contributed by atoms with van der Waals surface area (Å²) in [6.07, 6.45) is 0. The summed E-state index contributed by atoms with van der Waals surface area (Å²) in [6, 6.07) is 8.36. The first-order valence-corrected chi connectivity index (χ1v) is 12.4. The molecule has 0 aliphatic heterocycles. The van der Waals surface area contributed by atoms with E-state index in [2.05, 4.69) is 37.2 Å². The van der Waals surface area contributed by atoms with Crippen LogP contribution in [0.4, 0.5) is 0 Å². The van der Waals surface area contributed by atoms with Gasteiger partial charge in [0, 0.05) is 37.2 Å². The average Bonchev–Trinajstić information content (AvgIpc) is 2.40. The van der Waals surface area contributed by atoms with Gasteiger partial charge in [-0.05, 0) is 19.1 Å². The number of aliphatic hydroxyl groups is 1. The van der Waals surface area contributed by atoms with E-state index >= 15 is 0 Å². The van der Waals surface area contributed by atoms with Crippen molar-refractivity contribution in [2.24, 2.45) is 0 Å². The van der Waals surface area contributed by atoms with Crippen LogP contribution in [0, 0.1) is 0 Å². The molecule has 0 saturated carbocycles. The van der Waals surface area contributed by atoms with Crippen molar-refractivity contribution >= 4 is 54.2 Å². The Kier molecular flexibility index (Phi) is 13.0. The lowest BCUT2D eigenvalue weighted by molar-refractivity contribution is -0.144. The molecule has 1 aromatic rings. The minimum atomic E-state index is -1.96. The SMILES string of the molecule is C.CC(O)(CS(=O)Oc1ccccc1)C(=O)NO.II. The summed E-state index contributed by atoms with van der Waals surface area (Å²) in [5, 5.41) is 18.0. The number of halogens is 2. The fourth-order valence-electron chi connectivity index (χ4n) is 1.03. The number of hydroxylamine groups is 1. The normalized spacial score (nSPS) is 13.7. The van der Waals surface area contributed by atoms with E-state index in [0.29, 0.717) is 5.75 Å². The molecule has 0 radical (unpaired) electrons. The standard InChI is InChI=1S/C10H13NO5S.CH4.I2/c1-10(13,9(12)11-14)7-17(15)16-8-5-3-2-4-6-8;;1-2/h2-6,13-14H,7H2,1H3,(H,11,12);1H4;. The van der Waals surface area contributed by atoms with E-state index in [4.69, 9.17) is 9.39 Å². The molecule has 2 unspecified atom stereocenters. The van der Waals surface area contributed by atoms with Crippen LogP contribution in [0.25, 0.3) is 0 Å². The summed E-state index contributed by atoms with van der Waals surface area (Å²) in [7, 11) is 0. The molecule has 3 N–H and O–H groups in total. The Morgan fingerprint density at radius 3 is 2.35 bits per heavy atom. The van der Waals surface area contributed by atoms with Crippen molar-refractivity contribution in [3.05, 3.63) is 30.3 Å². The van der Waals surface area contributed by atoms with Gasteiger partial charge in [-0.25, -0.2) is 9.69 Å². The molecule has 0 aromatic heterocycles. The van der Waals surface area contributed by atoms with E-state index in [1.807, 2.05) is 0 Å². The van der Waals surface area contributed by atoms with Crippen molar-refractivity contribution in [1.29, 1.82) is 0 Å². The summed E-state index contributed by atoms with van der Waals surface area (Å²) in [6.45, 7) is 1.13. The van der Waals surface area contributed by atoms with Gasteiger partial charge in [0.2, 0.25) is 11.1 Å². The third-order valence-corrected chi connectivity index (χ3v) is 3.10. The topological polar surface area (TPSA) is 95.9 Å². The van der Waals surface area contributed by atoms with Crippen LogP contribution in [0.2, 0.25) is 0 Å². The van der Waals surface area contributed by atoms with Crippen LogP contribution in [0.5, 0.6) is 5.75 Å². The maximum absolute atomic E-state index is 11.5. The molecule has 116 valence electrons. The Morgan fingerprint density at radius 1 is 1.40 bits per heavy atom. The van der Waals surface area contributed by atoms with E-state index in [9.17, 15) is 14.1 Å². The van der Waals surface area contributed by atoms with E-state index in [1.165, 1.54) is 5.48 Å². The minimum absolute atomic E-state index is 0. The summed E-state index contributed by atoms with van der Waals surface area (Å²) in [4.78, 5) is 11.0. The second-order valence-electron chi connectivity index (χ2n) is 3.56. The molecule has 0 bridgehead atoms. The molecule has 2 atom stereocenters. The Morgan fingerprint density at radius 2 is 1.90 bits per heavy atom. The van der Waals surface area contributed by atoms with Gasteiger partial charge < -0.3 is 9.29 Å². The van der Waals surface area contributed by atoms with Crippen LogP contribution < -0.4 is 9.66 Å². The lowest BCUT2D eigenvalue weighted by Gasteiger charge is -2.19. The predicted octanol–water partition coefficient (Wildman–Crippen LogP) is 2.39. The molecule has 1 amide bonds. The molecular weight excluding hydrogens is 512 g/mol. The van der Waals surface area contributed by atoms with Crippen LogP contribution in [0.3, 0.4) is 0 Å². The summed E-state index contributed by atoms with van der Waals surface area (Å²) in [5.74, 6) is -1.12. The zero-order chi connectivity index (χ0) is 14.9. The van der Waals surface area contributed by atoms with Gasteiger partial charge in [0.1, 0.15) is 5.75 Å². The zero-order valence-electron chi connectivity index (χ0n) is 9.88. The molecule has 0 spiro atoms. The van der Waals surface area contributed by atoms with Gasteiger partial charge in [-0.15, -0.1) is 0 Å². The first-order valence-electron chi connectivity index (χ1n) is 4.88. The van der Waals surface area contributed by atoms with Crippen LogP contribution in [-0.2, 0) is 15.9 Å². The van der Waals surface area contributed by atoms with Crippen molar-refractivity contribution in [1.82, 2.24) is 5.48 Å². The Hall–Kier alpha value is 0.0200. The molecule has 0 aliphatic rings. The van der Waals surface area contributed by atoms with Crippen LogP contribution in [0.1, 0.15) is 14.4 Å². The maximum Gasteiger partial charge on any atom is 0.276 e. The van der Waals surface area contributed by atoms with Gasteiger partial charge in [-0.3, -0.25) is 10.0 Å². The van der Waals surface area contributed by atoms with E-state index in [0.717, 1.165) is 6.92 Å². The average molecular weight is 529 g/mol. The number of hydrogen-bond acceptors (Lipinski definition) is 5. The molecular formula is C11H17I2NO5S. The molecule has 0 saturated heterocycles. The monoisotopic (exact) mass is 529 g/mol. The van der Waals surface area contributed by atoms with Crippen molar-refractivity contribution in [3.8, 4) is 5.75 Å². The number of rotatable bonds is 5. The Balaban J connectivity index is 0. The third kappa shape index (κ3) is 8.34. The molecule has 0 fully saturated rings. The van der Waals surface area contributed by atoms with Crippen molar-refractivity contribution in [2.75, 3.05) is 5.75 Å². The van der Waals surface area contributed by atoms with Gasteiger partial charge in [0.25, 0.3) is 5.91 Å². The van der Waals surface area contributed by atoms with Gasteiger partial charge in [-0.2, -0.15) is 0 Å². The fraction of sp³-hybridized carbons (Fsp3) is 0.364. The zero-order valence-corrected chi connectivity index (χ0v) is 15.0. The minimum Gasteiger partial charge on any atom is -0.400 e. The quantitative estimate of drug-likeness (QED) is 0.310. The number of nitrogens with one attached hydrogen (secondary N) is 1. The van der Waals surface area contributed by atoms with E-state index in [1.54, 1.807) is 30.3 Å². The molecule has 0 heterocycles. The first kappa shape index (κ1) is 22.3. The Bertz CT molecular complexity index is 417. The van der Waals surface area contributed by atoms with Crippen molar-refractivity contribution in [3.63, 3.8) is 0 Å². The van der Waals surface area contributed by atoms with E-state index < -0.39 is 28.3 Å². The van der Waals surface area contributed by atoms with Crippen LogP contribution in [-0.4, -0.2) is 31.8 Å². The first-order chi connectivity index (χ1) is 8.95. The summed E-state index contributed by atoms with van der Waals surface area (Å²) >= 11 is 2.36. The summed E-state index contributed by atoms with van der Waals surface area (Å²) in [5.41, 5.74) is -0.668. The van der Waals surface area contributed by atoms with Crippen molar-refractivity contribution < 1.29 is 23.5 Å². The maximum atomic E-state index is 11.5. The molecule has 6 nitrogen and oxygen atoms in total. The second-order valence-corrected chi connectivity index (χ2v) is 4.62. The number of benzene rings is 1. The number of carbonyl (C=O) groups excluding carboxylic acids is 1. The van der Waals surface area contributed by atoms with Gasteiger partial charge in [0.05, 0.1) is 5.75 Å². The van der Waals surface area contributed by atoms with Gasteiger partial charge in [-0.1, -0.05) is 25.6 Å². The largest absolute Gasteiger partial charge is 0.400 e. The number of para-hydroxylation sites is 1. The van der Waals surface area contributed by atoms with Crippen LogP contribution >= 0.6 is 37.2 Å². The highest BCUT2D eigenvalue weighted by atomic mass is 128. The molecule has 9 heteroatoms. The summed E-state index contributed by atoms with van der Waals surface area (Å²) < 4.78 is 16.5. The van der Waals surface area contributed by atoms with Gasteiger partial charge in [0.15, 0.2) is 5.60 Å². The Labute approximate surface area is 144 Å². The highest BCUT2D eigenvalue weighted by Gasteiger charge is 2.33. The highest BCUT2D eigenvalue weighted by Crippen LogP contribution is 2.13. The lowest BCUT2D eigenvalue weighted by atomic mass is 10.1. The third-order valence-electron chi connectivity index (χ3n) is 1.92. The predicted molar refractivity (Wildman–Crippen MR) is 95.4 cm³/mol. The lowest BCUT2D eigenvalue weighted by Crippen LogP contribution is -2.47. The second kappa shape index (κ2) is 11.7. The molecule has 1 aromatic carbocycles. The molecule has 20 heavy (non-hydrogen) atoms. The number of carbonyl (C=O) groups is 1. The van der Waals surface area contributed by atoms with E-state index in [-0.39, 0.29) is 7.43 Å². The highest BCUT2D eigenvalue weighted by molar-refractivity contribution is 15.0. The fourth-order valence-corrected chi connectivity index (χ4v) is 2.00. The molecule has 1 rings (SSSR count). The molecule has 0 aliphatic carbocycles. The van der Waals surface area contributed by atoms with Crippen molar-refractivity contribution in [2.45, 2.75) is 20.0 Å². The van der Waals surface area contributed by atoms with Gasteiger partial charge >= 0.3 is 0 Å². The number of amides is 1. The van der Waals surface area contributed by atoms with Crippen LogP contribution in [0.15, 0.2) is 30.3 Å². The smallest absolute Gasteiger partial charge is 0.276 e.